The molecular formula is C23H28Cl3F2N3O. The third-order valence-electron chi connectivity index (χ3n) is 5.83. The van der Waals surface area contributed by atoms with Gasteiger partial charge in [0.15, 0.2) is 0 Å². The maximum absolute atomic E-state index is 13.0. The standard InChI is InChI=1S/C23H28Cl3F2N3O/c1-3-14(2)23(32-12-20(27)28)16-6-7-17(25)21(29)22(16)31-10-4-9-30(13-31)19-8-5-15(24)11-18(19)26/h5-8,11,14,20,23H,3-4,9-10,12-13,29H2,1-2H3. The van der Waals surface area contributed by atoms with Crippen LogP contribution in [0.2, 0.25) is 15.1 Å². The predicted molar refractivity (Wildman–Crippen MR) is 131 cm³/mol. The molecular weight excluding hydrogens is 479 g/mol. The molecule has 0 saturated carbocycles. The monoisotopic (exact) mass is 505 g/mol. The van der Waals surface area contributed by atoms with E-state index in [1.54, 1.807) is 18.2 Å². The summed E-state index contributed by atoms with van der Waals surface area (Å²) >= 11 is 18.9. The summed E-state index contributed by atoms with van der Waals surface area (Å²) in [7, 11) is 0. The Kier molecular flexibility index (Phi) is 8.73. The van der Waals surface area contributed by atoms with Gasteiger partial charge in [-0.15, -0.1) is 0 Å². The first-order chi connectivity index (χ1) is 15.2. The number of benzene rings is 2. The topological polar surface area (TPSA) is 41.7 Å². The van der Waals surface area contributed by atoms with Gasteiger partial charge < -0.3 is 20.3 Å². The highest BCUT2D eigenvalue weighted by atomic mass is 35.5. The minimum atomic E-state index is -2.55. The Hall–Kier alpha value is -1.47. The number of hydrogen-bond acceptors (Lipinski definition) is 4. The third kappa shape index (κ3) is 5.71. The molecule has 2 aromatic carbocycles. The van der Waals surface area contributed by atoms with Crippen LogP contribution in [-0.4, -0.2) is 32.8 Å². The van der Waals surface area contributed by atoms with Crippen LogP contribution in [0.3, 0.4) is 0 Å². The molecule has 176 valence electrons. The molecule has 1 aliphatic rings. The van der Waals surface area contributed by atoms with Crippen molar-refractivity contribution in [2.24, 2.45) is 5.92 Å². The number of nitrogen functional groups attached to an aromatic ring is 1. The first kappa shape index (κ1) is 25.2. The quantitative estimate of drug-likeness (QED) is 0.382. The van der Waals surface area contributed by atoms with Crippen LogP contribution in [-0.2, 0) is 4.74 Å². The number of rotatable bonds is 8. The Bertz CT molecular complexity index is 932. The summed E-state index contributed by atoms with van der Waals surface area (Å²) in [4.78, 5) is 4.26. The molecule has 4 nitrogen and oxygen atoms in total. The molecule has 32 heavy (non-hydrogen) atoms. The van der Waals surface area contributed by atoms with Gasteiger partial charge in [0.1, 0.15) is 6.61 Å². The van der Waals surface area contributed by atoms with Crippen LogP contribution < -0.4 is 15.5 Å². The average molecular weight is 507 g/mol. The summed E-state index contributed by atoms with van der Waals surface area (Å²) in [6.45, 7) is 5.42. The first-order valence-electron chi connectivity index (χ1n) is 10.7. The summed E-state index contributed by atoms with van der Waals surface area (Å²) in [5.74, 6) is 0.0136. The van der Waals surface area contributed by atoms with Crippen molar-refractivity contribution in [3.63, 3.8) is 0 Å². The number of anilines is 3. The minimum Gasteiger partial charge on any atom is -0.396 e. The second-order valence-corrected chi connectivity index (χ2v) is 9.30. The normalized spacial score (nSPS) is 16.5. The molecule has 1 aliphatic heterocycles. The smallest absolute Gasteiger partial charge is 0.261 e. The van der Waals surface area contributed by atoms with Crippen molar-refractivity contribution in [3.8, 4) is 0 Å². The summed E-state index contributed by atoms with van der Waals surface area (Å²) in [6.07, 6.45) is -1.45. The second kappa shape index (κ2) is 11.1. The molecule has 2 N–H and O–H groups in total. The Morgan fingerprint density at radius 2 is 1.78 bits per heavy atom. The zero-order valence-corrected chi connectivity index (χ0v) is 20.4. The van der Waals surface area contributed by atoms with Crippen molar-refractivity contribution in [2.45, 2.75) is 39.2 Å². The molecule has 1 fully saturated rings. The number of nitrogens with two attached hydrogens (primary N) is 1. The molecule has 2 atom stereocenters. The molecule has 0 spiro atoms. The van der Waals surface area contributed by atoms with Crippen LogP contribution >= 0.6 is 34.8 Å². The number of halogens is 5. The van der Waals surface area contributed by atoms with E-state index in [1.165, 1.54) is 0 Å². The lowest BCUT2D eigenvalue weighted by Gasteiger charge is -2.41. The van der Waals surface area contributed by atoms with Crippen molar-refractivity contribution in [1.82, 2.24) is 0 Å². The van der Waals surface area contributed by atoms with E-state index in [-0.39, 0.29) is 5.92 Å². The van der Waals surface area contributed by atoms with E-state index in [2.05, 4.69) is 9.80 Å². The van der Waals surface area contributed by atoms with E-state index in [4.69, 9.17) is 45.3 Å². The first-order valence-corrected chi connectivity index (χ1v) is 11.8. The zero-order chi connectivity index (χ0) is 23.4. The van der Waals surface area contributed by atoms with Gasteiger partial charge in [0.25, 0.3) is 6.43 Å². The number of ether oxygens (including phenoxy) is 1. The number of hydrogen-bond donors (Lipinski definition) is 1. The highest BCUT2D eigenvalue weighted by molar-refractivity contribution is 6.36. The number of alkyl halides is 2. The molecule has 0 amide bonds. The molecule has 1 saturated heterocycles. The highest BCUT2D eigenvalue weighted by Gasteiger charge is 2.30. The van der Waals surface area contributed by atoms with Crippen molar-refractivity contribution in [3.05, 3.63) is 51.0 Å². The lowest BCUT2D eigenvalue weighted by molar-refractivity contribution is -0.0461. The van der Waals surface area contributed by atoms with Crippen LogP contribution in [0.15, 0.2) is 30.3 Å². The van der Waals surface area contributed by atoms with Crippen LogP contribution in [0.4, 0.5) is 25.8 Å². The van der Waals surface area contributed by atoms with Gasteiger partial charge in [0.2, 0.25) is 0 Å². The van der Waals surface area contributed by atoms with Crippen molar-refractivity contribution < 1.29 is 13.5 Å². The van der Waals surface area contributed by atoms with Gasteiger partial charge in [-0.3, -0.25) is 0 Å². The summed E-state index contributed by atoms with van der Waals surface area (Å²) in [6, 6.07) is 8.95. The van der Waals surface area contributed by atoms with Crippen molar-refractivity contribution in [2.75, 3.05) is 41.9 Å². The van der Waals surface area contributed by atoms with Crippen LogP contribution in [0, 0.1) is 5.92 Å². The van der Waals surface area contributed by atoms with Gasteiger partial charge in [-0.25, -0.2) is 8.78 Å². The summed E-state index contributed by atoms with van der Waals surface area (Å²) in [5.41, 5.74) is 9.23. The summed E-state index contributed by atoms with van der Waals surface area (Å²) < 4.78 is 31.6. The van der Waals surface area contributed by atoms with Gasteiger partial charge in [0, 0.05) is 23.7 Å². The molecule has 2 aromatic rings. The number of nitrogens with zero attached hydrogens (tertiary/aromatic N) is 2. The Labute approximate surface area is 203 Å². The molecule has 0 aliphatic carbocycles. The van der Waals surface area contributed by atoms with Crippen LogP contribution in [0.1, 0.15) is 38.4 Å². The van der Waals surface area contributed by atoms with Gasteiger partial charge in [-0.1, -0.05) is 61.1 Å². The van der Waals surface area contributed by atoms with Gasteiger partial charge in [0.05, 0.1) is 39.9 Å². The maximum atomic E-state index is 13.0. The van der Waals surface area contributed by atoms with E-state index >= 15 is 0 Å². The molecule has 1 heterocycles. The SMILES string of the molecule is CCC(C)C(OCC(F)F)c1ccc(Cl)c(N)c1N1CCCN(c2ccc(Cl)cc2Cl)C1. The van der Waals surface area contributed by atoms with E-state index in [0.29, 0.717) is 27.4 Å². The van der Waals surface area contributed by atoms with Gasteiger partial charge in [-0.05, 0) is 36.6 Å². The fourth-order valence-electron chi connectivity index (χ4n) is 4.05. The third-order valence-corrected chi connectivity index (χ3v) is 6.70. The van der Waals surface area contributed by atoms with Gasteiger partial charge in [-0.2, -0.15) is 0 Å². The molecule has 2 unspecified atom stereocenters. The molecule has 0 aromatic heterocycles. The van der Waals surface area contributed by atoms with E-state index in [1.807, 2.05) is 26.0 Å². The molecule has 9 heteroatoms. The Morgan fingerprint density at radius 3 is 2.44 bits per heavy atom. The van der Waals surface area contributed by atoms with Crippen LogP contribution in [0.5, 0.6) is 0 Å². The van der Waals surface area contributed by atoms with Crippen molar-refractivity contribution >= 4 is 51.9 Å². The van der Waals surface area contributed by atoms with Gasteiger partial charge >= 0.3 is 0 Å². The molecule has 3 rings (SSSR count). The largest absolute Gasteiger partial charge is 0.396 e. The molecule has 0 radical (unpaired) electrons. The lowest BCUT2D eigenvalue weighted by atomic mass is 9.92. The lowest BCUT2D eigenvalue weighted by Crippen LogP contribution is -2.46. The zero-order valence-electron chi connectivity index (χ0n) is 18.1. The fourth-order valence-corrected chi connectivity index (χ4v) is 4.73. The highest BCUT2D eigenvalue weighted by Crippen LogP contribution is 2.43. The fraction of sp³-hybridized carbons (Fsp3) is 0.478. The summed E-state index contributed by atoms with van der Waals surface area (Å²) in [5, 5.41) is 1.56. The van der Waals surface area contributed by atoms with E-state index < -0.39 is 19.1 Å². The predicted octanol–water partition coefficient (Wildman–Crippen LogP) is 7.27. The van der Waals surface area contributed by atoms with Crippen molar-refractivity contribution in [1.29, 1.82) is 0 Å². The van der Waals surface area contributed by atoms with Crippen LogP contribution in [0.25, 0.3) is 0 Å². The minimum absolute atomic E-state index is 0.0136. The van der Waals surface area contributed by atoms with E-state index in [0.717, 1.165) is 42.9 Å². The Morgan fingerprint density at radius 1 is 1.06 bits per heavy atom. The maximum Gasteiger partial charge on any atom is 0.261 e. The second-order valence-electron chi connectivity index (χ2n) is 8.05. The molecule has 0 bridgehead atoms. The van der Waals surface area contributed by atoms with E-state index in [9.17, 15) is 8.78 Å². The average Bonchev–Trinajstić information content (AvgIpc) is 2.76. The Balaban J connectivity index is 1.99.